The van der Waals surface area contributed by atoms with Crippen molar-refractivity contribution in [2.24, 2.45) is 23.2 Å². The molecule has 0 saturated heterocycles. The Kier molecular flexibility index (Phi) is 6.55. The maximum absolute atomic E-state index is 2.40. The summed E-state index contributed by atoms with van der Waals surface area (Å²) in [5.41, 5.74) is 0.502. The Morgan fingerprint density at radius 3 is 1.80 bits per heavy atom. The topological polar surface area (TPSA) is 0 Å². The summed E-state index contributed by atoms with van der Waals surface area (Å²) in [5, 5.41) is 0. The molecule has 0 N–H and O–H groups in total. The maximum Gasteiger partial charge on any atom is -0.0380 e. The second-order valence-electron chi connectivity index (χ2n) is 6.84. The Balaban J connectivity index is 3.90. The second-order valence-corrected chi connectivity index (χ2v) is 6.84. The van der Waals surface area contributed by atoms with Gasteiger partial charge in [0.05, 0.1) is 0 Å². The highest BCUT2D eigenvalue weighted by Gasteiger charge is 2.18. The van der Waals surface area contributed by atoms with Gasteiger partial charge in [0.15, 0.2) is 0 Å². The van der Waals surface area contributed by atoms with E-state index in [1.165, 1.54) is 25.7 Å². The molecule has 0 aromatic carbocycles. The summed E-state index contributed by atoms with van der Waals surface area (Å²) in [7, 11) is 0. The summed E-state index contributed by atoms with van der Waals surface area (Å²) in [6.45, 7) is 16.5. The van der Waals surface area contributed by atoms with Gasteiger partial charge in [-0.2, -0.15) is 0 Å². The smallest absolute Gasteiger partial charge is 0.0380 e. The van der Waals surface area contributed by atoms with Crippen LogP contribution < -0.4 is 0 Å². The molecule has 0 fully saturated rings. The third kappa shape index (κ3) is 7.88. The van der Waals surface area contributed by atoms with Gasteiger partial charge >= 0.3 is 0 Å². The maximum atomic E-state index is 2.40. The van der Waals surface area contributed by atoms with Crippen molar-refractivity contribution in [1.29, 1.82) is 0 Å². The molecule has 2 unspecified atom stereocenters. The van der Waals surface area contributed by atoms with Crippen LogP contribution in [0.25, 0.3) is 0 Å². The second kappa shape index (κ2) is 6.55. The van der Waals surface area contributed by atoms with E-state index in [9.17, 15) is 0 Å². The van der Waals surface area contributed by atoms with Gasteiger partial charge in [-0.3, -0.25) is 0 Å². The van der Waals surface area contributed by atoms with Crippen LogP contribution in [-0.2, 0) is 0 Å². The van der Waals surface area contributed by atoms with Gasteiger partial charge in [-0.05, 0) is 29.6 Å². The van der Waals surface area contributed by atoms with E-state index in [1.54, 1.807) is 0 Å². The zero-order chi connectivity index (χ0) is 12.1. The Bertz CT molecular complexity index is 150. The van der Waals surface area contributed by atoms with E-state index in [1.807, 2.05) is 0 Å². The van der Waals surface area contributed by atoms with E-state index < -0.39 is 0 Å². The van der Waals surface area contributed by atoms with Crippen molar-refractivity contribution >= 4 is 0 Å². The van der Waals surface area contributed by atoms with Crippen molar-refractivity contribution in [3.63, 3.8) is 0 Å². The lowest BCUT2D eigenvalue weighted by Crippen LogP contribution is -2.14. The van der Waals surface area contributed by atoms with E-state index in [4.69, 9.17) is 0 Å². The van der Waals surface area contributed by atoms with Crippen molar-refractivity contribution < 1.29 is 0 Å². The van der Waals surface area contributed by atoms with Crippen LogP contribution in [0.15, 0.2) is 0 Å². The van der Waals surface area contributed by atoms with Crippen molar-refractivity contribution in [3.05, 3.63) is 0 Å². The van der Waals surface area contributed by atoms with Crippen molar-refractivity contribution in [2.75, 3.05) is 0 Å². The first-order valence-corrected chi connectivity index (χ1v) is 6.76. The predicted octanol–water partition coefficient (Wildman–Crippen LogP) is 5.52. The minimum atomic E-state index is 0.502. The molecule has 0 heterocycles. The van der Waals surface area contributed by atoms with Crippen LogP contribution in [0.4, 0.5) is 0 Å². The van der Waals surface area contributed by atoms with E-state index >= 15 is 0 Å². The normalized spacial score (nSPS) is 16.8. The van der Waals surface area contributed by atoms with Gasteiger partial charge in [0, 0.05) is 0 Å². The molecule has 0 heteroatoms. The molecule has 0 aromatic heterocycles. The van der Waals surface area contributed by atoms with Crippen molar-refractivity contribution in [1.82, 2.24) is 0 Å². The van der Waals surface area contributed by atoms with Gasteiger partial charge in [-0.25, -0.2) is 0 Å². The summed E-state index contributed by atoms with van der Waals surface area (Å²) < 4.78 is 0. The van der Waals surface area contributed by atoms with Crippen LogP contribution >= 0.6 is 0 Å². The van der Waals surface area contributed by atoms with Crippen LogP contribution in [0.1, 0.15) is 74.1 Å². The first-order valence-electron chi connectivity index (χ1n) is 6.76. The first-order chi connectivity index (χ1) is 6.76. The van der Waals surface area contributed by atoms with E-state index in [-0.39, 0.29) is 0 Å². The molecule has 0 amide bonds. The summed E-state index contributed by atoms with van der Waals surface area (Å²) in [5.74, 6) is 2.67. The molecule has 15 heavy (non-hydrogen) atoms. The molecule has 0 aliphatic carbocycles. The number of hydrogen-bond donors (Lipinski definition) is 0. The van der Waals surface area contributed by atoms with Crippen LogP contribution in [0.2, 0.25) is 0 Å². The quantitative estimate of drug-likeness (QED) is 0.543. The summed E-state index contributed by atoms with van der Waals surface area (Å²) >= 11 is 0. The highest BCUT2D eigenvalue weighted by molar-refractivity contribution is 4.70. The Morgan fingerprint density at radius 2 is 1.47 bits per heavy atom. The van der Waals surface area contributed by atoms with Crippen molar-refractivity contribution in [2.45, 2.75) is 74.1 Å². The van der Waals surface area contributed by atoms with Crippen molar-refractivity contribution in [3.8, 4) is 0 Å². The molecule has 92 valence electrons. The highest BCUT2D eigenvalue weighted by Crippen LogP contribution is 2.30. The fourth-order valence-electron chi connectivity index (χ4n) is 2.15. The SMILES string of the molecule is CCC(CCC(C)C(C)C)CC(C)(C)C. The molecule has 0 nitrogen and oxygen atoms in total. The number of rotatable bonds is 6. The predicted molar refractivity (Wildman–Crippen MR) is 71.1 cm³/mol. The van der Waals surface area contributed by atoms with E-state index in [0.717, 1.165) is 17.8 Å². The molecule has 0 spiro atoms. The molecule has 0 rings (SSSR count). The average Bonchev–Trinajstić information content (AvgIpc) is 2.09. The fourth-order valence-corrected chi connectivity index (χ4v) is 2.15. The Labute approximate surface area is 97.8 Å². The average molecular weight is 212 g/mol. The van der Waals surface area contributed by atoms with Gasteiger partial charge < -0.3 is 0 Å². The molecule has 0 radical (unpaired) electrons. The molecule has 0 bridgehead atoms. The van der Waals surface area contributed by atoms with Gasteiger partial charge in [-0.15, -0.1) is 0 Å². The largest absolute Gasteiger partial charge is 0.0651 e. The third-order valence-electron chi connectivity index (χ3n) is 3.65. The third-order valence-corrected chi connectivity index (χ3v) is 3.65. The molecule has 0 saturated carbocycles. The van der Waals surface area contributed by atoms with E-state index in [0.29, 0.717) is 5.41 Å². The van der Waals surface area contributed by atoms with Gasteiger partial charge in [0.25, 0.3) is 0 Å². The molecule has 0 aliphatic rings. The standard InChI is InChI=1S/C15H32/c1-8-14(11-15(5,6)7)10-9-13(4)12(2)3/h12-14H,8-11H2,1-7H3. The summed E-state index contributed by atoms with van der Waals surface area (Å²) in [6.07, 6.45) is 5.57. The van der Waals surface area contributed by atoms with Crippen LogP contribution in [0.5, 0.6) is 0 Å². The van der Waals surface area contributed by atoms with Crippen LogP contribution in [0.3, 0.4) is 0 Å². The fraction of sp³-hybridized carbons (Fsp3) is 1.00. The van der Waals surface area contributed by atoms with Gasteiger partial charge in [-0.1, -0.05) is 67.7 Å². The monoisotopic (exact) mass is 212 g/mol. The minimum Gasteiger partial charge on any atom is -0.0651 e. The highest BCUT2D eigenvalue weighted by atomic mass is 14.2. The Morgan fingerprint density at radius 1 is 0.933 bits per heavy atom. The van der Waals surface area contributed by atoms with Crippen LogP contribution in [0, 0.1) is 23.2 Å². The molecular weight excluding hydrogens is 180 g/mol. The minimum absolute atomic E-state index is 0.502. The molecule has 0 aliphatic heterocycles. The van der Waals surface area contributed by atoms with E-state index in [2.05, 4.69) is 48.5 Å². The zero-order valence-electron chi connectivity index (χ0n) is 12.1. The van der Waals surface area contributed by atoms with Gasteiger partial charge in [0.2, 0.25) is 0 Å². The molecular formula is C15H32. The lowest BCUT2D eigenvalue weighted by atomic mass is 9.79. The number of hydrogen-bond acceptors (Lipinski definition) is 0. The zero-order valence-corrected chi connectivity index (χ0v) is 12.1. The first kappa shape index (κ1) is 15.0. The van der Waals surface area contributed by atoms with Gasteiger partial charge in [0.1, 0.15) is 0 Å². The molecule has 2 atom stereocenters. The lowest BCUT2D eigenvalue weighted by molar-refractivity contribution is 0.252. The Hall–Kier alpha value is 0. The summed E-state index contributed by atoms with van der Waals surface area (Å²) in [6, 6.07) is 0. The molecule has 0 aromatic rings. The lowest BCUT2D eigenvalue weighted by Gasteiger charge is -2.26. The summed E-state index contributed by atoms with van der Waals surface area (Å²) in [4.78, 5) is 0. The van der Waals surface area contributed by atoms with Crippen LogP contribution in [-0.4, -0.2) is 0 Å².